The first kappa shape index (κ1) is 20.2. The predicted molar refractivity (Wildman–Crippen MR) is 124 cm³/mol. The van der Waals surface area contributed by atoms with E-state index in [2.05, 4.69) is 30.8 Å². The minimum atomic E-state index is -0.329. The Kier molecular flexibility index (Phi) is 5.54. The monoisotopic (exact) mass is 426 g/mol. The summed E-state index contributed by atoms with van der Waals surface area (Å²) in [7, 11) is 2.00. The van der Waals surface area contributed by atoms with E-state index in [-0.39, 0.29) is 17.9 Å². The van der Waals surface area contributed by atoms with Crippen LogP contribution in [0.25, 0.3) is 11.0 Å². The Morgan fingerprint density at radius 1 is 1.03 bits per heavy atom. The molecule has 3 heterocycles. The maximum absolute atomic E-state index is 13.4. The third kappa shape index (κ3) is 3.93. The first-order valence-electron chi connectivity index (χ1n) is 11.0. The standard InChI is InChI=1S/C25H26N6O/c1-30-21-13-6-5-12-20(21)28-23(30)22(18-9-3-2-4-10-18)29-24(32)19-11-7-16-31(17-19)25-26-14-8-15-27-25/h2-6,8-10,12-15,19,22H,7,11,16-17H2,1H3,(H,29,32)/t19-,22-/m0/s1. The number of aromatic nitrogens is 4. The summed E-state index contributed by atoms with van der Waals surface area (Å²) < 4.78 is 2.07. The zero-order valence-electron chi connectivity index (χ0n) is 18.1. The van der Waals surface area contributed by atoms with Gasteiger partial charge in [0.2, 0.25) is 11.9 Å². The predicted octanol–water partition coefficient (Wildman–Crippen LogP) is 3.49. The molecule has 0 unspecified atom stereocenters. The second kappa shape index (κ2) is 8.78. The van der Waals surface area contributed by atoms with Gasteiger partial charge in [0.15, 0.2) is 0 Å². The Balaban J connectivity index is 1.43. The number of para-hydroxylation sites is 2. The molecule has 7 nitrogen and oxygen atoms in total. The number of nitrogens with zero attached hydrogens (tertiary/aromatic N) is 5. The number of rotatable bonds is 5. The highest BCUT2D eigenvalue weighted by Crippen LogP contribution is 2.27. The van der Waals surface area contributed by atoms with Crippen molar-refractivity contribution in [2.24, 2.45) is 13.0 Å². The summed E-state index contributed by atoms with van der Waals surface area (Å²) in [5, 5.41) is 3.30. The maximum atomic E-state index is 13.4. The van der Waals surface area contributed by atoms with Gasteiger partial charge in [0.1, 0.15) is 11.9 Å². The van der Waals surface area contributed by atoms with Crippen molar-refractivity contribution in [1.82, 2.24) is 24.8 Å². The molecule has 7 heteroatoms. The second-order valence-corrected chi connectivity index (χ2v) is 8.20. The lowest BCUT2D eigenvalue weighted by Gasteiger charge is -2.32. The summed E-state index contributed by atoms with van der Waals surface area (Å²) in [6.07, 6.45) is 5.25. The van der Waals surface area contributed by atoms with E-state index in [9.17, 15) is 4.79 Å². The van der Waals surface area contributed by atoms with Crippen LogP contribution in [-0.4, -0.2) is 38.5 Å². The Morgan fingerprint density at radius 2 is 1.78 bits per heavy atom. The molecular weight excluding hydrogens is 400 g/mol. The number of hydrogen-bond acceptors (Lipinski definition) is 5. The number of piperidine rings is 1. The van der Waals surface area contributed by atoms with Crippen LogP contribution in [0.2, 0.25) is 0 Å². The molecule has 2 aromatic heterocycles. The molecule has 0 radical (unpaired) electrons. The van der Waals surface area contributed by atoms with E-state index in [1.54, 1.807) is 18.5 Å². The molecule has 1 N–H and O–H groups in total. The quantitative estimate of drug-likeness (QED) is 0.529. The molecule has 1 saturated heterocycles. The minimum absolute atomic E-state index is 0.0338. The van der Waals surface area contributed by atoms with E-state index >= 15 is 0 Å². The van der Waals surface area contributed by atoms with Crippen LogP contribution in [-0.2, 0) is 11.8 Å². The molecule has 0 bridgehead atoms. The summed E-state index contributed by atoms with van der Waals surface area (Å²) >= 11 is 0. The summed E-state index contributed by atoms with van der Waals surface area (Å²) in [4.78, 5) is 29.1. The molecule has 1 fully saturated rings. The molecule has 0 spiro atoms. The van der Waals surface area contributed by atoms with Crippen LogP contribution < -0.4 is 10.2 Å². The lowest BCUT2D eigenvalue weighted by Crippen LogP contribution is -2.45. The minimum Gasteiger partial charge on any atom is -0.342 e. The number of fused-ring (bicyclic) bond motifs is 1. The third-order valence-corrected chi connectivity index (χ3v) is 6.13. The normalized spacial score (nSPS) is 17.3. The molecule has 2 aromatic carbocycles. The lowest BCUT2D eigenvalue weighted by atomic mass is 9.96. The second-order valence-electron chi connectivity index (χ2n) is 8.20. The largest absolute Gasteiger partial charge is 0.342 e. The molecule has 1 aliphatic heterocycles. The van der Waals surface area contributed by atoms with Gasteiger partial charge in [-0.3, -0.25) is 4.79 Å². The number of imidazole rings is 1. The van der Waals surface area contributed by atoms with Crippen molar-refractivity contribution in [3.05, 3.63) is 84.4 Å². The van der Waals surface area contributed by atoms with Gasteiger partial charge in [-0.25, -0.2) is 15.0 Å². The highest BCUT2D eigenvalue weighted by Gasteiger charge is 2.30. The Bertz CT molecular complexity index is 1210. The number of amides is 1. The van der Waals surface area contributed by atoms with Crippen molar-refractivity contribution in [1.29, 1.82) is 0 Å². The van der Waals surface area contributed by atoms with Crippen LogP contribution in [0.5, 0.6) is 0 Å². The van der Waals surface area contributed by atoms with Gasteiger partial charge in [-0.1, -0.05) is 42.5 Å². The van der Waals surface area contributed by atoms with Gasteiger partial charge in [0.05, 0.1) is 17.0 Å². The van der Waals surface area contributed by atoms with Gasteiger partial charge < -0.3 is 14.8 Å². The van der Waals surface area contributed by atoms with E-state index in [0.29, 0.717) is 12.5 Å². The van der Waals surface area contributed by atoms with Gasteiger partial charge in [-0.15, -0.1) is 0 Å². The molecule has 4 aromatic rings. The van der Waals surface area contributed by atoms with Crippen molar-refractivity contribution in [2.75, 3.05) is 18.0 Å². The molecule has 2 atom stereocenters. The van der Waals surface area contributed by atoms with E-state index in [4.69, 9.17) is 4.98 Å². The van der Waals surface area contributed by atoms with Crippen LogP contribution in [0.15, 0.2) is 73.1 Å². The van der Waals surface area contributed by atoms with Gasteiger partial charge in [0.25, 0.3) is 0 Å². The number of carbonyl (C=O) groups is 1. The first-order chi connectivity index (χ1) is 15.7. The lowest BCUT2D eigenvalue weighted by molar-refractivity contribution is -0.125. The molecule has 5 rings (SSSR count). The molecule has 0 aliphatic carbocycles. The smallest absolute Gasteiger partial charge is 0.225 e. The summed E-state index contributed by atoms with van der Waals surface area (Å²) in [5.74, 6) is 1.41. The van der Waals surface area contributed by atoms with Crippen LogP contribution in [0.3, 0.4) is 0 Å². The zero-order chi connectivity index (χ0) is 21.9. The van der Waals surface area contributed by atoms with E-state index in [1.807, 2.05) is 55.6 Å². The van der Waals surface area contributed by atoms with Gasteiger partial charge in [0, 0.05) is 32.5 Å². The number of carbonyl (C=O) groups excluding carboxylic acids is 1. The van der Waals surface area contributed by atoms with Crippen LogP contribution in [0.4, 0.5) is 5.95 Å². The average Bonchev–Trinajstić information content (AvgIpc) is 3.20. The van der Waals surface area contributed by atoms with Crippen molar-refractivity contribution in [2.45, 2.75) is 18.9 Å². The summed E-state index contributed by atoms with van der Waals surface area (Å²) in [5.41, 5.74) is 2.98. The summed E-state index contributed by atoms with van der Waals surface area (Å²) in [6, 6.07) is 19.6. The zero-order valence-corrected chi connectivity index (χ0v) is 18.1. The number of aryl methyl sites for hydroxylation is 1. The van der Waals surface area contributed by atoms with Crippen LogP contribution >= 0.6 is 0 Å². The van der Waals surface area contributed by atoms with Crippen molar-refractivity contribution in [3.8, 4) is 0 Å². The van der Waals surface area contributed by atoms with Gasteiger partial charge in [-0.2, -0.15) is 0 Å². The fourth-order valence-electron chi connectivity index (χ4n) is 4.45. The van der Waals surface area contributed by atoms with E-state index in [0.717, 1.165) is 41.8 Å². The molecular formula is C25H26N6O. The Morgan fingerprint density at radius 3 is 2.56 bits per heavy atom. The fraction of sp³-hybridized carbons (Fsp3) is 0.280. The first-order valence-corrected chi connectivity index (χ1v) is 11.0. The highest BCUT2D eigenvalue weighted by molar-refractivity contribution is 5.81. The number of hydrogen-bond donors (Lipinski definition) is 1. The summed E-state index contributed by atoms with van der Waals surface area (Å²) in [6.45, 7) is 1.47. The van der Waals surface area contributed by atoms with Crippen LogP contribution in [0.1, 0.15) is 30.3 Å². The number of anilines is 1. The Labute approximate surface area is 187 Å². The van der Waals surface area contributed by atoms with Crippen molar-refractivity contribution < 1.29 is 4.79 Å². The van der Waals surface area contributed by atoms with Crippen molar-refractivity contribution >= 4 is 22.9 Å². The van der Waals surface area contributed by atoms with Gasteiger partial charge >= 0.3 is 0 Å². The van der Waals surface area contributed by atoms with Crippen LogP contribution in [0, 0.1) is 5.92 Å². The molecule has 1 aliphatic rings. The maximum Gasteiger partial charge on any atom is 0.225 e. The third-order valence-electron chi connectivity index (χ3n) is 6.13. The average molecular weight is 427 g/mol. The molecule has 1 amide bonds. The fourth-order valence-corrected chi connectivity index (χ4v) is 4.45. The van der Waals surface area contributed by atoms with Gasteiger partial charge in [-0.05, 0) is 36.6 Å². The molecule has 32 heavy (non-hydrogen) atoms. The number of nitrogens with one attached hydrogen (secondary N) is 1. The topological polar surface area (TPSA) is 75.9 Å². The number of benzene rings is 2. The van der Waals surface area contributed by atoms with Crippen molar-refractivity contribution in [3.63, 3.8) is 0 Å². The highest BCUT2D eigenvalue weighted by atomic mass is 16.2. The Hall–Kier alpha value is -3.74. The molecule has 162 valence electrons. The SMILES string of the molecule is Cn1c([C@@H](NC(=O)[C@H]2CCCN(c3ncccn3)C2)c2ccccc2)nc2ccccc21. The molecule has 0 saturated carbocycles. The van der Waals surface area contributed by atoms with E-state index in [1.165, 1.54) is 0 Å². The van der Waals surface area contributed by atoms with E-state index < -0.39 is 0 Å².